The van der Waals surface area contributed by atoms with Gasteiger partial charge in [0.1, 0.15) is 6.10 Å². The molecule has 3 fully saturated rings. The second kappa shape index (κ2) is 3.58. The third kappa shape index (κ3) is 1.39. The highest BCUT2D eigenvalue weighted by molar-refractivity contribution is 6.21. The van der Waals surface area contributed by atoms with E-state index >= 15 is 0 Å². The van der Waals surface area contributed by atoms with Crippen molar-refractivity contribution in [1.82, 2.24) is 0 Å². The molecular weight excluding hydrogens is 288 g/mol. The first-order valence-corrected chi connectivity index (χ1v) is 7.51. The zero-order chi connectivity index (χ0) is 15.3. The third-order valence-corrected chi connectivity index (χ3v) is 5.49. The van der Waals surface area contributed by atoms with Gasteiger partial charge in [0.15, 0.2) is 23.3 Å². The maximum atomic E-state index is 12.3. The summed E-state index contributed by atoms with van der Waals surface area (Å²) in [4.78, 5) is 36.8. The summed E-state index contributed by atoms with van der Waals surface area (Å²) in [6.45, 7) is 1.94. The SMILES string of the molecule is C[C@@]12CC3=C(C(=O)C=CC3=O)[C@@H]3OC(=O)[C@@]4(CC[C@@H]1O2)O[C@@H]34. The van der Waals surface area contributed by atoms with Gasteiger partial charge in [0.2, 0.25) is 0 Å². The van der Waals surface area contributed by atoms with E-state index < -0.39 is 29.4 Å². The number of fused-ring (bicyclic) bond motifs is 2. The minimum absolute atomic E-state index is 0.0146. The largest absolute Gasteiger partial charge is 0.452 e. The van der Waals surface area contributed by atoms with Crippen molar-refractivity contribution in [1.29, 1.82) is 0 Å². The van der Waals surface area contributed by atoms with Crippen LogP contribution in [0.4, 0.5) is 0 Å². The van der Waals surface area contributed by atoms with Crippen LogP contribution in [0.25, 0.3) is 0 Å². The van der Waals surface area contributed by atoms with Gasteiger partial charge in [0, 0.05) is 17.6 Å². The molecule has 0 aromatic carbocycles. The molecule has 6 heteroatoms. The molecule has 114 valence electrons. The number of carbonyl (C=O) groups excluding carboxylic acids is 3. The summed E-state index contributed by atoms with van der Waals surface area (Å²) < 4.78 is 16.8. The summed E-state index contributed by atoms with van der Waals surface area (Å²) in [6, 6.07) is 0. The molecule has 2 bridgehead atoms. The summed E-state index contributed by atoms with van der Waals surface area (Å²) in [5.41, 5.74) is -0.689. The lowest BCUT2D eigenvalue weighted by molar-refractivity contribution is -0.152. The molecule has 0 saturated carbocycles. The molecule has 0 aromatic heterocycles. The van der Waals surface area contributed by atoms with Crippen molar-refractivity contribution >= 4 is 17.5 Å². The number of ketones is 2. The average molecular weight is 302 g/mol. The number of hydrogen-bond acceptors (Lipinski definition) is 6. The zero-order valence-electron chi connectivity index (χ0n) is 12.0. The first-order valence-electron chi connectivity index (χ1n) is 7.51. The van der Waals surface area contributed by atoms with Crippen molar-refractivity contribution in [3.8, 4) is 0 Å². The predicted molar refractivity (Wildman–Crippen MR) is 70.8 cm³/mol. The van der Waals surface area contributed by atoms with Gasteiger partial charge in [-0.25, -0.2) is 4.79 Å². The number of hydrogen-bond donors (Lipinski definition) is 0. The summed E-state index contributed by atoms with van der Waals surface area (Å²) in [5.74, 6) is -0.909. The van der Waals surface area contributed by atoms with Crippen LogP contribution in [0.5, 0.6) is 0 Å². The van der Waals surface area contributed by atoms with Gasteiger partial charge in [0.25, 0.3) is 0 Å². The molecule has 3 heterocycles. The Bertz CT molecular complexity index is 718. The second-order valence-electron chi connectivity index (χ2n) is 6.84. The van der Waals surface area contributed by atoms with Crippen molar-refractivity contribution in [3.05, 3.63) is 23.3 Å². The van der Waals surface area contributed by atoms with E-state index in [0.717, 1.165) is 0 Å². The van der Waals surface area contributed by atoms with Gasteiger partial charge in [-0.2, -0.15) is 0 Å². The number of ether oxygens (including phenoxy) is 3. The van der Waals surface area contributed by atoms with E-state index in [2.05, 4.69) is 0 Å². The van der Waals surface area contributed by atoms with Gasteiger partial charge in [-0.3, -0.25) is 9.59 Å². The maximum Gasteiger partial charge on any atom is 0.342 e. The van der Waals surface area contributed by atoms with E-state index in [1.165, 1.54) is 12.2 Å². The summed E-state index contributed by atoms with van der Waals surface area (Å²) in [5, 5.41) is 0. The lowest BCUT2D eigenvalue weighted by Crippen LogP contribution is -2.31. The van der Waals surface area contributed by atoms with Gasteiger partial charge in [0.05, 0.1) is 11.7 Å². The molecule has 22 heavy (non-hydrogen) atoms. The number of allylic oxidation sites excluding steroid dienone is 2. The van der Waals surface area contributed by atoms with Crippen LogP contribution in [0.15, 0.2) is 23.3 Å². The van der Waals surface area contributed by atoms with Crippen LogP contribution >= 0.6 is 0 Å². The van der Waals surface area contributed by atoms with Gasteiger partial charge < -0.3 is 14.2 Å². The molecule has 6 nitrogen and oxygen atoms in total. The maximum absolute atomic E-state index is 12.3. The van der Waals surface area contributed by atoms with Crippen molar-refractivity contribution < 1.29 is 28.6 Å². The lowest BCUT2D eigenvalue weighted by atomic mass is 9.81. The highest BCUT2D eigenvalue weighted by atomic mass is 16.7. The van der Waals surface area contributed by atoms with Crippen molar-refractivity contribution in [2.24, 2.45) is 0 Å². The average Bonchev–Trinajstić information content (AvgIpc) is 3.32. The Morgan fingerprint density at radius 2 is 1.91 bits per heavy atom. The van der Waals surface area contributed by atoms with Crippen LogP contribution in [-0.4, -0.2) is 47.0 Å². The zero-order valence-corrected chi connectivity index (χ0v) is 12.0. The summed E-state index contributed by atoms with van der Waals surface area (Å²) in [6.07, 6.45) is 2.90. The normalized spacial score (nSPS) is 48.4. The fourth-order valence-corrected chi connectivity index (χ4v) is 4.08. The molecule has 5 rings (SSSR count). The number of epoxide rings is 2. The third-order valence-electron chi connectivity index (χ3n) is 5.49. The number of esters is 1. The van der Waals surface area contributed by atoms with Gasteiger partial charge in [-0.15, -0.1) is 0 Å². The van der Waals surface area contributed by atoms with E-state index in [0.29, 0.717) is 24.8 Å². The van der Waals surface area contributed by atoms with Gasteiger partial charge in [-0.1, -0.05) is 0 Å². The first-order chi connectivity index (χ1) is 10.4. The Labute approximate surface area is 126 Å². The van der Waals surface area contributed by atoms with Gasteiger partial charge in [-0.05, 0) is 31.9 Å². The van der Waals surface area contributed by atoms with Gasteiger partial charge >= 0.3 is 5.97 Å². The Morgan fingerprint density at radius 3 is 2.68 bits per heavy atom. The highest BCUT2D eigenvalue weighted by Crippen LogP contribution is 2.56. The molecule has 5 atom stereocenters. The fourth-order valence-electron chi connectivity index (χ4n) is 4.08. The smallest absolute Gasteiger partial charge is 0.342 e. The monoisotopic (exact) mass is 302 g/mol. The van der Waals surface area contributed by atoms with E-state index in [9.17, 15) is 14.4 Å². The summed E-state index contributed by atoms with van der Waals surface area (Å²) >= 11 is 0. The van der Waals surface area contributed by atoms with Crippen molar-refractivity contribution in [2.75, 3.05) is 0 Å². The predicted octanol–water partition coefficient (Wildman–Crippen LogP) is 0.395. The van der Waals surface area contributed by atoms with Crippen molar-refractivity contribution in [2.45, 2.75) is 55.7 Å². The van der Waals surface area contributed by atoms with Crippen molar-refractivity contribution in [3.63, 3.8) is 0 Å². The Hall–Kier alpha value is -1.79. The Balaban J connectivity index is 1.67. The topological polar surface area (TPSA) is 85.5 Å². The minimum Gasteiger partial charge on any atom is -0.452 e. The molecule has 0 N–H and O–H groups in total. The number of carbonyl (C=O) groups is 3. The second-order valence-corrected chi connectivity index (χ2v) is 6.84. The van der Waals surface area contributed by atoms with Crippen LogP contribution in [-0.2, 0) is 28.6 Å². The standard InChI is InChI=1S/C16H14O6/c1-15-6-7-8(17)2-3-9(18)11(7)12-13-16(22-13,14(19)20-12)5-4-10(15)21-15/h2-3,10,12-13H,4-6H2,1H3/t10-,12-,13-,15+,16-/m0/s1. The summed E-state index contributed by atoms with van der Waals surface area (Å²) in [7, 11) is 0. The van der Waals surface area contributed by atoms with Crippen LogP contribution in [0, 0.1) is 0 Å². The number of rotatable bonds is 0. The molecule has 5 aliphatic rings. The Kier molecular flexibility index (Phi) is 2.07. The molecule has 0 amide bonds. The molecule has 0 unspecified atom stereocenters. The molecule has 3 aliphatic heterocycles. The first kappa shape index (κ1) is 12.7. The molecule has 0 aromatic rings. The Morgan fingerprint density at radius 1 is 1.14 bits per heavy atom. The van der Waals surface area contributed by atoms with Crippen LogP contribution in [0.1, 0.15) is 26.2 Å². The fraction of sp³-hybridized carbons (Fsp3) is 0.562. The molecule has 0 radical (unpaired) electrons. The highest BCUT2D eigenvalue weighted by Gasteiger charge is 2.75. The van der Waals surface area contributed by atoms with Crippen LogP contribution < -0.4 is 0 Å². The van der Waals surface area contributed by atoms with E-state index in [1.807, 2.05) is 6.92 Å². The van der Waals surface area contributed by atoms with Crippen LogP contribution in [0.2, 0.25) is 0 Å². The van der Waals surface area contributed by atoms with Crippen LogP contribution in [0.3, 0.4) is 0 Å². The van der Waals surface area contributed by atoms with E-state index in [4.69, 9.17) is 14.2 Å². The quantitative estimate of drug-likeness (QED) is 0.366. The molecule has 0 spiro atoms. The molecular formula is C16H14O6. The molecule has 3 saturated heterocycles. The minimum atomic E-state index is -0.933. The lowest BCUT2D eigenvalue weighted by Gasteiger charge is -2.21. The van der Waals surface area contributed by atoms with E-state index in [1.54, 1.807) is 0 Å². The van der Waals surface area contributed by atoms with E-state index in [-0.39, 0.29) is 23.2 Å². The molecule has 2 aliphatic carbocycles.